The van der Waals surface area contributed by atoms with Crippen LogP contribution in [0, 0.1) is 0 Å². The van der Waals surface area contributed by atoms with Crippen molar-refractivity contribution < 1.29 is 0 Å². The van der Waals surface area contributed by atoms with Crippen LogP contribution in [-0.2, 0) is 0 Å². The average molecular weight is 231 g/mol. The van der Waals surface area contributed by atoms with Crippen molar-refractivity contribution in [2.75, 3.05) is 5.33 Å². The fraction of sp³-hybridized carbons (Fsp3) is 0.636. The Hall–Kier alpha value is -0.0400. The van der Waals surface area contributed by atoms with Gasteiger partial charge in [-0.15, -0.1) is 6.58 Å². The predicted molar refractivity (Wildman–Crippen MR) is 60.8 cm³/mol. The number of rotatable bonds is 6. The molecule has 1 heteroatoms. The van der Waals surface area contributed by atoms with Gasteiger partial charge in [-0.3, -0.25) is 0 Å². The summed E-state index contributed by atoms with van der Waals surface area (Å²) < 4.78 is 0. The SMILES string of the molecule is C=C(C)CC/C=C(\C)CCCBr. The molecule has 0 amide bonds. The number of halogens is 1. The third-order valence-corrected chi connectivity index (χ3v) is 2.33. The topological polar surface area (TPSA) is 0 Å². The lowest BCUT2D eigenvalue weighted by atomic mass is 10.1. The molecule has 0 rings (SSSR count). The third-order valence-electron chi connectivity index (χ3n) is 1.77. The van der Waals surface area contributed by atoms with E-state index in [1.54, 1.807) is 0 Å². The minimum Gasteiger partial charge on any atom is -0.100 e. The Bertz CT molecular complexity index is 156. The van der Waals surface area contributed by atoms with E-state index in [2.05, 4.69) is 42.4 Å². The second-order valence-electron chi connectivity index (χ2n) is 3.34. The summed E-state index contributed by atoms with van der Waals surface area (Å²) in [4.78, 5) is 0. The fourth-order valence-corrected chi connectivity index (χ4v) is 1.29. The van der Waals surface area contributed by atoms with Gasteiger partial charge in [0.2, 0.25) is 0 Å². The highest BCUT2D eigenvalue weighted by Gasteiger charge is 1.89. The van der Waals surface area contributed by atoms with E-state index in [0.717, 1.165) is 18.2 Å². The normalized spacial score (nSPS) is 11.8. The predicted octanol–water partition coefficient (Wildman–Crippen LogP) is 4.46. The van der Waals surface area contributed by atoms with E-state index in [0.29, 0.717) is 0 Å². The smallest absolute Gasteiger partial charge is 0.00343 e. The average Bonchev–Trinajstić information content (AvgIpc) is 2.00. The molecule has 12 heavy (non-hydrogen) atoms. The zero-order chi connectivity index (χ0) is 9.40. The lowest BCUT2D eigenvalue weighted by Crippen LogP contribution is -1.80. The first kappa shape index (κ1) is 12.0. The van der Waals surface area contributed by atoms with Gasteiger partial charge < -0.3 is 0 Å². The van der Waals surface area contributed by atoms with Gasteiger partial charge in [-0.1, -0.05) is 33.2 Å². The van der Waals surface area contributed by atoms with Crippen molar-refractivity contribution in [3.8, 4) is 0 Å². The molecule has 0 heterocycles. The van der Waals surface area contributed by atoms with E-state index < -0.39 is 0 Å². The van der Waals surface area contributed by atoms with Crippen molar-refractivity contribution in [2.45, 2.75) is 39.5 Å². The highest BCUT2D eigenvalue weighted by molar-refractivity contribution is 9.09. The van der Waals surface area contributed by atoms with Gasteiger partial charge in [-0.25, -0.2) is 0 Å². The van der Waals surface area contributed by atoms with Crippen LogP contribution in [0.4, 0.5) is 0 Å². The number of allylic oxidation sites excluding steroid dienone is 3. The molecule has 0 radical (unpaired) electrons. The van der Waals surface area contributed by atoms with E-state index in [1.165, 1.54) is 24.0 Å². The molecule has 0 unspecified atom stereocenters. The summed E-state index contributed by atoms with van der Waals surface area (Å²) in [5.74, 6) is 0. The van der Waals surface area contributed by atoms with Crippen LogP contribution in [0.2, 0.25) is 0 Å². The van der Waals surface area contributed by atoms with Crippen LogP contribution in [0.25, 0.3) is 0 Å². The van der Waals surface area contributed by atoms with Gasteiger partial charge >= 0.3 is 0 Å². The second-order valence-corrected chi connectivity index (χ2v) is 4.13. The van der Waals surface area contributed by atoms with Gasteiger partial charge in [-0.05, 0) is 39.5 Å². The van der Waals surface area contributed by atoms with E-state index >= 15 is 0 Å². The van der Waals surface area contributed by atoms with E-state index in [4.69, 9.17) is 0 Å². The molecule has 0 spiro atoms. The Morgan fingerprint density at radius 1 is 1.33 bits per heavy atom. The number of hydrogen-bond acceptors (Lipinski definition) is 0. The van der Waals surface area contributed by atoms with Crippen LogP contribution in [-0.4, -0.2) is 5.33 Å². The molecule has 0 aliphatic heterocycles. The van der Waals surface area contributed by atoms with E-state index in [1.807, 2.05) is 0 Å². The van der Waals surface area contributed by atoms with Gasteiger partial charge in [0, 0.05) is 5.33 Å². The van der Waals surface area contributed by atoms with Gasteiger partial charge in [0.1, 0.15) is 0 Å². The lowest BCUT2D eigenvalue weighted by Gasteiger charge is -1.99. The Morgan fingerprint density at radius 3 is 2.50 bits per heavy atom. The standard InChI is InChI=1S/C11H19Br/c1-10(2)6-4-7-11(3)8-5-9-12/h7H,1,4-6,8-9H2,2-3H3/b11-7+. The van der Waals surface area contributed by atoms with Crippen LogP contribution in [0.1, 0.15) is 39.5 Å². The van der Waals surface area contributed by atoms with Gasteiger partial charge in [0.25, 0.3) is 0 Å². The summed E-state index contributed by atoms with van der Waals surface area (Å²) in [5.41, 5.74) is 2.79. The van der Waals surface area contributed by atoms with Crippen molar-refractivity contribution in [3.05, 3.63) is 23.8 Å². The molecular weight excluding hydrogens is 212 g/mol. The minimum atomic E-state index is 1.11. The van der Waals surface area contributed by atoms with Gasteiger partial charge in [-0.2, -0.15) is 0 Å². The molecule has 0 aromatic heterocycles. The highest BCUT2D eigenvalue weighted by Crippen LogP contribution is 2.09. The third kappa shape index (κ3) is 8.06. The van der Waals surface area contributed by atoms with Crippen LogP contribution >= 0.6 is 15.9 Å². The van der Waals surface area contributed by atoms with Gasteiger partial charge in [0.15, 0.2) is 0 Å². The maximum absolute atomic E-state index is 3.88. The molecule has 0 aromatic carbocycles. The first-order chi connectivity index (χ1) is 5.66. The summed E-state index contributed by atoms with van der Waals surface area (Å²) in [5, 5.41) is 1.11. The molecule has 0 fully saturated rings. The van der Waals surface area contributed by atoms with Crippen molar-refractivity contribution in [3.63, 3.8) is 0 Å². The van der Waals surface area contributed by atoms with Crippen LogP contribution in [0.5, 0.6) is 0 Å². The molecular formula is C11H19Br. The quantitative estimate of drug-likeness (QED) is 0.467. The number of hydrogen-bond donors (Lipinski definition) is 0. The van der Waals surface area contributed by atoms with Crippen LogP contribution in [0.15, 0.2) is 23.8 Å². The molecule has 0 atom stereocenters. The molecule has 0 aliphatic carbocycles. The van der Waals surface area contributed by atoms with E-state index in [9.17, 15) is 0 Å². The monoisotopic (exact) mass is 230 g/mol. The van der Waals surface area contributed by atoms with Crippen molar-refractivity contribution in [1.82, 2.24) is 0 Å². The summed E-state index contributed by atoms with van der Waals surface area (Å²) in [7, 11) is 0. The van der Waals surface area contributed by atoms with E-state index in [-0.39, 0.29) is 0 Å². The molecule has 0 aromatic rings. The van der Waals surface area contributed by atoms with Crippen molar-refractivity contribution in [1.29, 1.82) is 0 Å². The fourth-order valence-electron chi connectivity index (χ4n) is 1.01. The maximum Gasteiger partial charge on any atom is 0.00343 e. The van der Waals surface area contributed by atoms with Crippen LogP contribution in [0.3, 0.4) is 0 Å². The number of alkyl halides is 1. The highest BCUT2D eigenvalue weighted by atomic mass is 79.9. The Morgan fingerprint density at radius 2 is 2.00 bits per heavy atom. The minimum absolute atomic E-state index is 1.11. The first-order valence-electron chi connectivity index (χ1n) is 4.52. The molecule has 0 saturated carbocycles. The van der Waals surface area contributed by atoms with Crippen molar-refractivity contribution in [2.24, 2.45) is 0 Å². The van der Waals surface area contributed by atoms with Crippen molar-refractivity contribution >= 4 is 15.9 Å². The largest absolute Gasteiger partial charge is 0.100 e. The first-order valence-corrected chi connectivity index (χ1v) is 5.65. The zero-order valence-corrected chi connectivity index (χ0v) is 9.78. The summed E-state index contributed by atoms with van der Waals surface area (Å²) in [6.07, 6.45) is 7.09. The summed E-state index contributed by atoms with van der Waals surface area (Å²) in [6, 6.07) is 0. The molecule has 70 valence electrons. The van der Waals surface area contributed by atoms with Crippen LogP contribution < -0.4 is 0 Å². The molecule has 0 saturated heterocycles. The summed E-state index contributed by atoms with van der Waals surface area (Å²) >= 11 is 3.43. The molecule has 0 nitrogen and oxygen atoms in total. The molecule has 0 N–H and O–H groups in total. The Labute approximate surface area is 84.9 Å². The zero-order valence-electron chi connectivity index (χ0n) is 8.20. The maximum atomic E-state index is 3.88. The second kappa shape index (κ2) is 7.60. The summed E-state index contributed by atoms with van der Waals surface area (Å²) in [6.45, 7) is 8.17. The molecule has 0 aliphatic rings. The van der Waals surface area contributed by atoms with Gasteiger partial charge in [0.05, 0.1) is 0 Å². The Kier molecular flexibility index (Phi) is 7.58. The lowest BCUT2D eigenvalue weighted by molar-refractivity contribution is 0.893. The molecule has 0 bridgehead atoms. The Balaban J connectivity index is 3.47.